The Bertz CT molecular complexity index is 754. The molecule has 5 heteroatoms. The van der Waals surface area contributed by atoms with Gasteiger partial charge < -0.3 is 15.0 Å². The second-order valence-corrected chi connectivity index (χ2v) is 7.15. The summed E-state index contributed by atoms with van der Waals surface area (Å²) in [5.74, 6) is -1.94. The topological polar surface area (TPSA) is 91.7 Å². The van der Waals surface area contributed by atoms with Crippen molar-refractivity contribution >= 4 is 23.8 Å². The summed E-state index contributed by atoms with van der Waals surface area (Å²) in [7, 11) is 0. The number of carbonyl (C=O) groups excluding carboxylic acids is 1. The molecule has 0 aliphatic heterocycles. The van der Waals surface area contributed by atoms with E-state index in [1.807, 2.05) is 0 Å². The fourth-order valence-corrected chi connectivity index (χ4v) is 4.20. The van der Waals surface area contributed by atoms with Crippen LogP contribution in [0.4, 0.5) is 0 Å². The number of hydrogen-bond donors (Lipinski definition) is 2. The Morgan fingerprint density at radius 1 is 1.08 bits per heavy atom. The molecule has 3 rings (SSSR count). The number of carboxylic acid groups (broad SMARTS) is 2. The maximum Gasteiger partial charge on any atom is 0.336 e. The molecule has 0 spiro atoms. The van der Waals surface area contributed by atoms with Crippen molar-refractivity contribution in [1.82, 2.24) is 0 Å². The molecule has 1 atom stereocenters. The van der Waals surface area contributed by atoms with E-state index in [1.165, 1.54) is 6.07 Å². The summed E-state index contributed by atoms with van der Waals surface area (Å²) < 4.78 is 0. The predicted octanol–water partition coefficient (Wildman–Crippen LogP) is 3.83. The number of aldehydes is 1. The van der Waals surface area contributed by atoms with E-state index in [-0.39, 0.29) is 23.5 Å². The molecule has 0 radical (unpaired) electrons. The third-order valence-electron chi connectivity index (χ3n) is 5.57. The fraction of sp³-hybridized carbons (Fsp3) is 0.450. The van der Waals surface area contributed by atoms with Crippen molar-refractivity contribution in [1.29, 1.82) is 0 Å². The van der Waals surface area contributed by atoms with Crippen LogP contribution in [0.15, 0.2) is 18.2 Å². The summed E-state index contributed by atoms with van der Waals surface area (Å²) in [6.45, 7) is 2.21. The normalized spacial score (nSPS) is 25.6. The molecule has 0 bridgehead atoms. The summed E-state index contributed by atoms with van der Waals surface area (Å²) in [4.78, 5) is 35.0. The second-order valence-electron chi connectivity index (χ2n) is 7.15. The summed E-state index contributed by atoms with van der Waals surface area (Å²) in [5.41, 5.74) is 1.89. The molecular formula is C20H22O5. The van der Waals surface area contributed by atoms with Gasteiger partial charge in [-0.25, -0.2) is 9.59 Å². The SMILES string of the molecule is CC1CCC(c2ccc(C(=O)O)c3c2C(C(=O)O)=CCC3C=O)CC1. The van der Waals surface area contributed by atoms with Crippen molar-refractivity contribution < 1.29 is 24.6 Å². The van der Waals surface area contributed by atoms with E-state index in [9.17, 15) is 24.6 Å². The molecule has 5 nitrogen and oxygen atoms in total. The molecule has 25 heavy (non-hydrogen) atoms. The molecule has 2 aliphatic rings. The number of allylic oxidation sites excluding steroid dienone is 1. The van der Waals surface area contributed by atoms with Gasteiger partial charge in [-0.2, -0.15) is 0 Å². The number of aliphatic carboxylic acids is 1. The summed E-state index contributed by atoms with van der Waals surface area (Å²) in [6.07, 6.45) is 6.57. The van der Waals surface area contributed by atoms with Crippen molar-refractivity contribution in [2.24, 2.45) is 5.92 Å². The third kappa shape index (κ3) is 3.11. The van der Waals surface area contributed by atoms with Crippen molar-refractivity contribution in [3.8, 4) is 0 Å². The van der Waals surface area contributed by atoms with Gasteiger partial charge in [0.2, 0.25) is 0 Å². The number of rotatable bonds is 4. The van der Waals surface area contributed by atoms with Gasteiger partial charge in [-0.3, -0.25) is 0 Å². The van der Waals surface area contributed by atoms with E-state index in [0.717, 1.165) is 37.5 Å². The monoisotopic (exact) mass is 342 g/mol. The maximum absolute atomic E-state index is 11.8. The zero-order chi connectivity index (χ0) is 18.1. The van der Waals surface area contributed by atoms with E-state index < -0.39 is 17.9 Å². The first kappa shape index (κ1) is 17.4. The Balaban J connectivity index is 2.21. The van der Waals surface area contributed by atoms with Crippen LogP contribution < -0.4 is 0 Å². The molecule has 2 N–H and O–H groups in total. The largest absolute Gasteiger partial charge is 0.478 e. The van der Waals surface area contributed by atoms with Crippen LogP contribution in [0.1, 0.15) is 77.9 Å². The number of benzene rings is 1. The molecule has 2 aliphatic carbocycles. The Labute approximate surface area is 146 Å². The van der Waals surface area contributed by atoms with Crippen LogP contribution in [-0.2, 0) is 9.59 Å². The van der Waals surface area contributed by atoms with Crippen molar-refractivity contribution in [3.63, 3.8) is 0 Å². The first-order valence-electron chi connectivity index (χ1n) is 8.73. The van der Waals surface area contributed by atoms with Crippen LogP contribution in [0.5, 0.6) is 0 Å². The highest BCUT2D eigenvalue weighted by atomic mass is 16.4. The highest BCUT2D eigenvalue weighted by molar-refractivity contribution is 6.18. The average Bonchev–Trinajstić information content (AvgIpc) is 2.60. The molecule has 0 aromatic heterocycles. The average molecular weight is 342 g/mol. The smallest absolute Gasteiger partial charge is 0.336 e. The first-order valence-corrected chi connectivity index (χ1v) is 8.73. The molecular weight excluding hydrogens is 320 g/mol. The van der Waals surface area contributed by atoms with Crippen LogP contribution in [0.2, 0.25) is 0 Å². The zero-order valence-corrected chi connectivity index (χ0v) is 14.2. The molecule has 0 heterocycles. The molecule has 0 saturated heterocycles. The van der Waals surface area contributed by atoms with Gasteiger partial charge in [-0.05, 0) is 53.9 Å². The van der Waals surface area contributed by atoms with Gasteiger partial charge in [0.05, 0.1) is 11.1 Å². The summed E-state index contributed by atoms with van der Waals surface area (Å²) >= 11 is 0. The molecule has 0 amide bonds. The third-order valence-corrected chi connectivity index (χ3v) is 5.57. The van der Waals surface area contributed by atoms with E-state index in [1.54, 1.807) is 12.1 Å². The second kappa shape index (κ2) is 6.82. The van der Waals surface area contributed by atoms with Gasteiger partial charge in [-0.15, -0.1) is 0 Å². The zero-order valence-electron chi connectivity index (χ0n) is 14.2. The Morgan fingerprint density at radius 2 is 1.76 bits per heavy atom. The minimum absolute atomic E-state index is 0.0341. The molecule has 132 valence electrons. The van der Waals surface area contributed by atoms with E-state index >= 15 is 0 Å². The Morgan fingerprint density at radius 3 is 2.32 bits per heavy atom. The number of carboxylic acids is 2. The van der Waals surface area contributed by atoms with E-state index in [0.29, 0.717) is 17.0 Å². The lowest BCUT2D eigenvalue weighted by molar-refractivity contribution is -0.130. The minimum Gasteiger partial charge on any atom is -0.478 e. The van der Waals surface area contributed by atoms with Gasteiger partial charge in [-0.1, -0.05) is 31.9 Å². The van der Waals surface area contributed by atoms with Gasteiger partial charge in [0.15, 0.2) is 0 Å². The van der Waals surface area contributed by atoms with Gasteiger partial charge >= 0.3 is 11.9 Å². The standard InChI is InChI=1S/C20H22O5/c1-11-2-4-12(5-3-11)14-8-9-15(19(22)23)17-13(10-21)6-7-16(18(14)17)20(24)25/h7-13H,2-6H2,1H3,(H,22,23)(H,24,25). The number of fused-ring (bicyclic) bond motifs is 1. The van der Waals surface area contributed by atoms with Crippen LogP contribution in [-0.4, -0.2) is 28.4 Å². The van der Waals surface area contributed by atoms with E-state index in [4.69, 9.17) is 0 Å². The number of aromatic carboxylic acids is 1. The number of hydrogen-bond acceptors (Lipinski definition) is 3. The Hall–Kier alpha value is -2.43. The van der Waals surface area contributed by atoms with Crippen LogP contribution in [0.25, 0.3) is 5.57 Å². The van der Waals surface area contributed by atoms with Crippen molar-refractivity contribution in [2.45, 2.75) is 50.9 Å². The highest BCUT2D eigenvalue weighted by Gasteiger charge is 2.34. The van der Waals surface area contributed by atoms with Gasteiger partial charge in [0.1, 0.15) is 6.29 Å². The first-order chi connectivity index (χ1) is 11.9. The fourth-order valence-electron chi connectivity index (χ4n) is 4.20. The molecule has 1 aromatic carbocycles. The summed E-state index contributed by atoms with van der Waals surface area (Å²) in [6, 6.07) is 3.29. The van der Waals surface area contributed by atoms with Crippen LogP contribution in [0.3, 0.4) is 0 Å². The van der Waals surface area contributed by atoms with Crippen molar-refractivity contribution in [3.05, 3.63) is 40.5 Å². The highest BCUT2D eigenvalue weighted by Crippen LogP contribution is 2.44. The molecule has 1 fully saturated rings. The Kier molecular flexibility index (Phi) is 4.75. The molecule has 1 saturated carbocycles. The molecule has 1 unspecified atom stereocenters. The lowest BCUT2D eigenvalue weighted by atomic mass is 9.72. The lowest BCUT2D eigenvalue weighted by Gasteiger charge is -2.31. The lowest BCUT2D eigenvalue weighted by Crippen LogP contribution is -2.21. The summed E-state index contributed by atoms with van der Waals surface area (Å²) in [5, 5.41) is 19.2. The minimum atomic E-state index is -1.13. The van der Waals surface area contributed by atoms with Gasteiger partial charge in [0.25, 0.3) is 0 Å². The maximum atomic E-state index is 11.8. The predicted molar refractivity (Wildman–Crippen MR) is 92.8 cm³/mol. The van der Waals surface area contributed by atoms with Crippen LogP contribution >= 0.6 is 0 Å². The quantitative estimate of drug-likeness (QED) is 0.811. The van der Waals surface area contributed by atoms with Crippen LogP contribution in [0, 0.1) is 5.92 Å². The van der Waals surface area contributed by atoms with Crippen molar-refractivity contribution in [2.75, 3.05) is 0 Å². The van der Waals surface area contributed by atoms with Gasteiger partial charge in [0, 0.05) is 5.92 Å². The molecule has 1 aromatic rings. The number of carbonyl (C=O) groups is 3. The van der Waals surface area contributed by atoms with E-state index in [2.05, 4.69) is 6.92 Å².